The fraction of sp³-hybridized carbons (Fsp3) is 0.458. The Labute approximate surface area is 168 Å². The lowest BCUT2D eigenvalue weighted by atomic mass is 10.1. The lowest BCUT2D eigenvalue weighted by Gasteiger charge is -2.12. The SMILES string of the molecule is CCCCCCc1ccc(-c2ccc(C(=O)OC(C)C(=O)CCC)cc2)nc1. The van der Waals surface area contributed by atoms with Crippen molar-refractivity contribution in [3.8, 4) is 11.3 Å². The van der Waals surface area contributed by atoms with Crippen LogP contribution in [0.4, 0.5) is 0 Å². The molecule has 4 heteroatoms. The van der Waals surface area contributed by atoms with E-state index in [2.05, 4.69) is 18.0 Å². The number of Topliss-reactive ketones (excluding diaryl/α,β-unsaturated/α-hetero) is 1. The van der Waals surface area contributed by atoms with Crippen LogP contribution in [0.2, 0.25) is 0 Å². The predicted octanol–water partition coefficient (Wildman–Crippen LogP) is 5.79. The van der Waals surface area contributed by atoms with Gasteiger partial charge in [-0.05, 0) is 49.9 Å². The first kappa shape index (κ1) is 21.8. The molecule has 2 rings (SSSR count). The van der Waals surface area contributed by atoms with Gasteiger partial charge in [0.1, 0.15) is 0 Å². The zero-order valence-electron chi connectivity index (χ0n) is 17.2. The van der Waals surface area contributed by atoms with E-state index >= 15 is 0 Å². The van der Waals surface area contributed by atoms with Crippen molar-refractivity contribution in [3.63, 3.8) is 0 Å². The molecule has 0 radical (unpaired) electrons. The number of nitrogens with zero attached hydrogens (tertiary/aromatic N) is 1. The number of carbonyl (C=O) groups excluding carboxylic acids is 2. The van der Waals surface area contributed by atoms with E-state index in [4.69, 9.17) is 4.74 Å². The minimum absolute atomic E-state index is 0.0496. The van der Waals surface area contributed by atoms with Crippen molar-refractivity contribution in [1.82, 2.24) is 4.98 Å². The molecule has 0 saturated heterocycles. The maximum absolute atomic E-state index is 12.2. The molecule has 1 aromatic heterocycles. The quantitative estimate of drug-likeness (QED) is 0.365. The van der Waals surface area contributed by atoms with Crippen LogP contribution in [0.3, 0.4) is 0 Å². The zero-order chi connectivity index (χ0) is 20.4. The summed E-state index contributed by atoms with van der Waals surface area (Å²) in [6.45, 7) is 5.77. The molecule has 2 aromatic rings. The first-order chi connectivity index (χ1) is 13.5. The van der Waals surface area contributed by atoms with E-state index < -0.39 is 12.1 Å². The Morgan fingerprint density at radius 3 is 2.32 bits per heavy atom. The molecule has 1 atom stereocenters. The van der Waals surface area contributed by atoms with Gasteiger partial charge in [0.15, 0.2) is 11.9 Å². The second-order valence-corrected chi connectivity index (χ2v) is 7.20. The van der Waals surface area contributed by atoms with Crippen molar-refractivity contribution in [2.45, 2.75) is 71.8 Å². The number of hydrogen-bond acceptors (Lipinski definition) is 4. The minimum atomic E-state index is -0.710. The Morgan fingerprint density at radius 2 is 1.71 bits per heavy atom. The number of benzene rings is 1. The third kappa shape index (κ3) is 6.59. The lowest BCUT2D eigenvalue weighted by Crippen LogP contribution is -2.24. The van der Waals surface area contributed by atoms with Crippen LogP contribution in [0.25, 0.3) is 11.3 Å². The highest BCUT2D eigenvalue weighted by Gasteiger charge is 2.18. The summed E-state index contributed by atoms with van der Waals surface area (Å²) >= 11 is 0. The van der Waals surface area contributed by atoms with Crippen LogP contribution in [-0.2, 0) is 16.0 Å². The van der Waals surface area contributed by atoms with Crippen LogP contribution >= 0.6 is 0 Å². The summed E-state index contributed by atoms with van der Waals surface area (Å²) < 4.78 is 5.26. The van der Waals surface area contributed by atoms with E-state index in [0.717, 1.165) is 24.1 Å². The monoisotopic (exact) mass is 381 g/mol. The van der Waals surface area contributed by atoms with Crippen LogP contribution in [0.5, 0.6) is 0 Å². The van der Waals surface area contributed by atoms with Crippen molar-refractivity contribution in [2.24, 2.45) is 0 Å². The van der Waals surface area contributed by atoms with Gasteiger partial charge >= 0.3 is 5.97 Å². The number of unbranched alkanes of at least 4 members (excludes halogenated alkanes) is 3. The Bertz CT molecular complexity index is 750. The molecular weight excluding hydrogens is 350 g/mol. The molecule has 0 spiro atoms. The molecule has 0 fully saturated rings. The van der Waals surface area contributed by atoms with Crippen LogP contribution in [0.1, 0.15) is 75.2 Å². The summed E-state index contributed by atoms with van der Waals surface area (Å²) in [5, 5.41) is 0. The van der Waals surface area contributed by atoms with Crippen LogP contribution in [-0.4, -0.2) is 22.8 Å². The number of aromatic nitrogens is 1. The highest BCUT2D eigenvalue weighted by atomic mass is 16.5. The summed E-state index contributed by atoms with van der Waals surface area (Å²) in [6.07, 6.45) is 8.45. The Kier molecular flexibility index (Phi) is 8.86. The van der Waals surface area contributed by atoms with Gasteiger partial charge in [0.05, 0.1) is 11.3 Å². The van der Waals surface area contributed by atoms with E-state index in [1.54, 1.807) is 19.1 Å². The first-order valence-corrected chi connectivity index (χ1v) is 10.3. The zero-order valence-corrected chi connectivity index (χ0v) is 17.2. The van der Waals surface area contributed by atoms with Gasteiger partial charge in [0, 0.05) is 18.2 Å². The maximum atomic E-state index is 12.2. The lowest BCUT2D eigenvalue weighted by molar-refractivity contribution is -0.126. The highest BCUT2D eigenvalue weighted by Crippen LogP contribution is 2.19. The summed E-state index contributed by atoms with van der Waals surface area (Å²) in [5.74, 6) is -0.523. The Morgan fingerprint density at radius 1 is 0.964 bits per heavy atom. The first-order valence-electron chi connectivity index (χ1n) is 10.3. The molecular formula is C24H31NO3. The van der Waals surface area contributed by atoms with Gasteiger partial charge in [-0.2, -0.15) is 0 Å². The molecule has 0 N–H and O–H groups in total. The van der Waals surface area contributed by atoms with E-state index in [0.29, 0.717) is 12.0 Å². The second-order valence-electron chi connectivity index (χ2n) is 7.20. The number of ether oxygens (including phenoxy) is 1. The summed E-state index contributed by atoms with van der Waals surface area (Å²) in [5.41, 5.74) is 3.52. The van der Waals surface area contributed by atoms with Gasteiger partial charge in [-0.3, -0.25) is 9.78 Å². The molecule has 1 unspecified atom stereocenters. The average Bonchev–Trinajstić information content (AvgIpc) is 2.72. The molecule has 0 amide bonds. The number of rotatable bonds is 11. The van der Waals surface area contributed by atoms with E-state index in [1.165, 1.54) is 31.2 Å². The number of aryl methyl sites for hydroxylation is 1. The third-order valence-corrected chi connectivity index (χ3v) is 4.79. The van der Waals surface area contributed by atoms with Gasteiger partial charge in [-0.25, -0.2) is 4.79 Å². The average molecular weight is 382 g/mol. The molecule has 0 bridgehead atoms. The molecule has 0 aliphatic carbocycles. The van der Waals surface area contributed by atoms with Gasteiger partial charge < -0.3 is 4.74 Å². The maximum Gasteiger partial charge on any atom is 0.338 e. The van der Waals surface area contributed by atoms with Gasteiger partial charge in [-0.1, -0.05) is 51.3 Å². The summed E-state index contributed by atoms with van der Waals surface area (Å²) in [6, 6.07) is 11.3. The van der Waals surface area contributed by atoms with Crippen molar-refractivity contribution in [2.75, 3.05) is 0 Å². The standard InChI is InChI=1S/C24H31NO3/c1-4-6-7-8-10-19-11-16-22(25-17-19)20-12-14-21(15-13-20)24(27)28-18(3)23(26)9-5-2/h11-18H,4-10H2,1-3H3. The highest BCUT2D eigenvalue weighted by molar-refractivity contribution is 5.93. The third-order valence-electron chi connectivity index (χ3n) is 4.79. The Balaban J connectivity index is 1.94. The van der Waals surface area contributed by atoms with Crippen molar-refractivity contribution >= 4 is 11.8 Å². The number of ketones is 1. The van der Waals surface area contributed by atoms with E-state index in [1.807, 2.05) is 31.3 Å². The van der Waals surface area contributed by atoms with Crippen LogP contribution < -0.4 is 0 Å². The van der Waals surface area contributed by atoms with Crippen molar-refractivity contribution in [1.29, 1.82) is 0 Å². The van der Waals surface area contributed by atoms with Crippen LogP contribution in [0, 0.1) is 0 Å². The number of esters is 1. The fourth-order valence-corrected chi connectivity index (χ4v) is 3.02. The predicted molar refractivity (Wildman–Crippen MR) is 112 cm³/mol. The molecule has 0 saturated carbocycles. The molecule has 4 nitrogen and oxygen atoms in total. The van der Waals surface area contributed by atoms with Gasteiger partial charge in [0.2, 0.25) is 0 Å². The fourth-order valence-electron chi connectivity index (χ4n) is 3.02. The van der Waals surface area contributed by atoms with Crippen molar-refractivity contribution < 1.29 is 14.3 Å². The minimum Gasteiger partial charge on any atom is -0.451 e. The number of carbonyl (C=O) groups is 2. The van der Waals surface area contributed by atoms with E-state index in [-0.39, 0.29) is 5.78 Å². The van der Waals surface area contributed by atoms with Gasteiger partial charge in [0.25, 0.3) is 0 Å². The number of pyridine rings is 1. The summed E-state index contributed by atoms with van der Waals surface area (Å²) in [7, 11) is 0. The van der Waals surface area contributed by atoms with Crippen molar-refractivity contribution in [3.05, 3.63) is 53.7 Å². The second kappa shape index (κ2) is 11.4. The number of hydrogen-bond donors (Lipinski definition) is 0. The normalized spacial score (nSPS) is 11.8. The smallest absolute Gasteiger partial charge is 0.338 e. The molecule has 1 aromatic carbocycles. The van der Waals surface area contributed by atoms with Gasteiger partial charge in [-0.15, -0.1) is 0 Å². The largest absolute Gasteiger partial charge is 0.451 e. The molecule has 150 valence electrons. The molecule has 28 heavy (non-hydrogen) atoms. The molecule has 0 aliphatic heterocycles. The summed E-state index contributed by atoms with van der Waals surface area (Å²) in [4.78, 5) is 28.6. The molecule has 1 heterocycles. The molecule has 0 aliphatic rings. The topological polar surface area (TPSA) is 56.3 Å². The Hall–Kier alpha value is -2.49. The van der Waals surface area contributed by atoms with Crippen LogP contribution in [0.15, 0.2) is 42.6 Å². The van der Waals surface area contributed by atoms with E-state index in [9.17, 15) is 9.59 Å².